The molecule has 0 bridgehead atoms. The number of aromatic nitrogens is 1. The Morgan fingerprint density at radius 3 is 2.92 bits per heavy atom. The van der Waals surface area contributed by atoms with Crippen LogP contribution in [0.2, 0.25) is 0 Å². The van der Waals surface area contributed by atoms with Crippen molar-refractivity contribution >= 4 is 50.7 Å². The van der Waals surface area contributed by atoms with Gasteiger partial charge in [0.1, 0.15) is 9.67 Å². The topological polar surface area (TPSA) is 42.0 Å². The molecule has 1 amide bonds. The van der Waals surface area contributed by atoms with Crippen molar-refractivity contribution in [2.75, 3.05) is 11.2 Å². The first kappa shape index (κ1) is 9.95. The van der Waals surface area contributed by atoms with Crippen LogP contribution in [-0.2, 0) is 4.79 Å². The summed E-state index contributed by atoms with van der Waals surface area (Å²) in [6, 6.07) is 0. The minimum absolute atomic E-state index is 0.0400. The fourth-order valence-electron chi connectivity index (χ4n) is 0.654. The molecule has 0 aliphatic carbocycles. The van der Waals surface area contributed by atoms with Crippen molar-refractivity contribution in [3.05, 3.63) is 9.48 Å². The smallest absolute Gasteiger partial charge is 0.239 e. The average molecular weight is 270 g/mol. The number of alkyl halides is 1. The molecule has 1 aromatic heterocycles. The third-order valence-electron chi connectivity index (χ3n) is 1.21. The standard InChI is InChI=1S/C6H6BrClN2OS/c1-3-5(6(7)12-10-3)9-4(11)2-8/h2H2,1H3,(H,9,11). The van der Waals surface area contributed by atoms with E-state index in [2.05, 4.69) is 25.6 Å². The number of carbonyl (C=O) groups is 1. The summed E-state index contributed by atoms with van der Waals surface area (Å²) in [7, 11) is 0. The van der Waals surface area contributed by atoms with Crippen LogP contribution in [0.25, 0.3) is 0 Å². The lowest BCUT2D eigenvalue weighted by atomic mass is 10.4. The number of hydrogen-bond donors (Lipinski definition) is 1. The van der Waals surface area contributed by atoms with Gasteiger partial charge in [0.2, 0.25) is 5.91 Å². The van der Waals surface area contributed by atoms with Gasteiger partial charge in [0, 0.05) is 0 Å². The molecule has 0 fully saturated rings. The molecular formula is C6H6BrClN2OS. The molecule has 3 nitrogen and oxygen atoms in total. The Bertz CT molecular complexity index is 282. The quantitative estimate of drug-likeness (QED) is 0.838. The summed E-state index contributed by atoms with van der Waals surface area (Å²) in [5.74, 6) is -0.262. The van der Waals surface area contributed by atoms with Gasteiger partial charge in [0.05, 0.1) is 11.4 Å². The van der Waals surface area contributed by atoms with Crippen LogP contribution in [0.15, 0.2) is 3.79 Å². The SMILES string of the molecule is Cc1nsc(Br)c1NC(=O)CCl. The van der Waals surface area contributed by atoms with Gasteiger partial charge in [0.25, 0.3) is 0 Å². The Morgan fingerprint density at radius 2 is 2.50 bits per heavy atom. The normalized spacial score (nSPS) is 9.92. The van der Waals surface area contributed by atoms with Crippen LogP contribution in [0.4, 0.5) is 5.69 Å². The van der Waals surface area contributed by atoms with Crippen molar-refractivity contribution < 1.29 is 4.79 Å². The van der Waals surface area contributed by atoms with E-state index in [0.717, 1.165) is 9.48 Å². The fourth-order valence-corrected chi connectivity index (χ4v) is 1.92. The zero-order valence-corrected chi connectivity index (χ0v) is 9.39. The van der Waals surface area contributed by atoms with E-state index in [-0.39, 0.29) is 11.8 Å². The second-order valence-corrected chi connectivity index (χ2v) is 4.46. The molecule has 6 heteroatoms. The maximum absolute atomic E-state index is 10.9. The Morgan fingerprint density at radius 1 is 1.83 bits per heavy atom. The van der Waals surface area contributed by atoms with Crippen LogP contribution < -0.4 is 5.32 Å². The lowest BCUT2D eigenvalue weighted by Gasteiger charge is -2.00. The van der Waals surface area contributed by atoms with Gasteiger partial charge in [-0.3, -0.25) is 4.79 Å². The number of nitrogens with zero attached hydrogens (tertiary/aromatic N) is 1. The monoisotopic (exact) mass is 268 g/mol. The number of carbonyl (C=O) groups excluding carboxylic acids is 1. The number of anilines is 1. The van der Waals surface area contributed by atoms with E-state index >= 15 is 0 Å². The predicted octanol–water partition coefficient (Wildman–Crippen LogP) is 2.39. The third-order valence-corrected chi connectivity index (χ3v) is 3.01. The van der Waals surface area contributed by atoms with Crippen molar-refractivity contribution in [1.82, 2.24) is 4.37 Å². The highest BCUT2D eigenvalue weighted by molar-refractivity contribution is 9.11. The van der Waals surface area contributed by atoms with Crippen molar-refractivity contribution in [3.8, 4) is 0 Å². The van der Waals surface area contributed by atoms with Gasteiger partial charge >= 0.3 is 0 Å². The molecule has 12 heavy (non-hydrogen) atoms. The number of halogens is 2. The van der Waals surface area contributed by atoms with Gasteiger partial charge < -0.3 is 5.32 Å². The molecule has 0 atom stereocenters. The zero-order chi connectivity index (χ0) is 9.14. The number of aryl methyl sites for hydroxylation is 1. The number of amides is 1. The van der Waals surface area contributed by atoms with E-state index < -0.39 is 0 Å². The molecule has 0 radical (unpaired) electrons. The predicted molar refractivity (Wildman–Crippen MR) is 53.9 cm³/mol. The third kappa shape index (κ3) is 2.18. The molecule has 0 aliphatic heterocycles. The molecule has 1 rings (SSSR count). The van der Waals surface area contributed by atoms with Gasteiger partial charge in [-0.25, -0.2) is 0 Å². The molecule has 0 saturated heterocycles. The van der Waals surface area contributed by atoms with Gasteiger partial charge in [-0.05, 0) is 34.4 Å². The highest BCUT2D eigenvalue weighted by atomic mass is 79.9. The highest BCUT2D eigenvalue weighted by Gasteiger charge is 2.10. The van der Waals surface area contributed by atoms with Crippen LogP contribution in [-0.4, -0.2) is 16.2 Å². The van der Waals surface area contributed by atoms with Crippen LogP contribution in [0, 0.1) is 6.92 Å². The Kier molecular flexibility index (Phi) is 3.49. The molecular weight excluding hydrogens is 264 g/mol. The second-order valence-electron chi connectivity index (χ2n) is 2.10. The first-order valence-electron chi connectivity index (χ1n) is 3.12. The maximum atomic E-state index is 10.9. The maximum Gasteiger partial charge on any atom is 0.239 e. The Hall–Kier alpha value is -0.130. The van der Waals surface area contributed by atoms with Crippen LogP contribution in [0.5, 0.6) is 0 Å². The molecule has 1 aromatic rings. The molecule has 0 spiro atoms. The van der Waals surface area contributed by atoms with Gasteiger partial charge in [-0.1, -0.05) is 0 Å². The van der Waals surface area contributed by atoms with Crippen molar-refractivity contribution in [2.24, 2.45) is 0 Å². The zero-order valence-electron chi connectivity index (χ0n) is 6.23. The summed E-state index contributed by atoms with van der Waals surface area (Å²) in [6.45, 7) is 1.82. The molecule has 0 aromatic carbocycles. The molecule has 0 unspecified atom stereocenters. The molecule has 0 aliphatic rings. The fraction of sp³-hybridized carbons (Fsp3) is 0.333. The molecule has 1 N–H and O–H groups in total. The van der Waals surface area contributed by atoms with Crippen LogP contribution >= 0.6 is 39.1 Å². The largest absolute Gasteiger partial charge is 0.322 e. The second kappa shape index (κ2) is 4.20. The summed E-state index contributed by atoms with van der Waals surface area (Å²) in [4.78, 5) is 10.9. The number of rotatable bonds is 2. The first-order valence-corrected chi connectivity index (χ1v) is 5.23. The van der Waals surface area contributed by atoms with Gasteiger partial charge in [-0.2, -0.15) is 4.37 Å². The van der Waals surface area contributed by atoms with E-state index in [1.807, 2.05) is 6.92 Å². The number of hydrogen-bond acceptors (Lipinski definition) is 3. The Balaban J connectivity index is 2.80. The minimum atomic E-state index is -0.222. The average Bonchev–Trinajstić information content (AvgIpc) is 2.35. The van der Waals surface area contributed by atoms with E-state index in [4.69, 9.17) is 11.6 Å². The van der Waals surface area contributed by atoms with E-state index in [1.165, 1.54) is 11.5 Å². The van der Waals surface area contributed by atoms with E-state index in [9.17, 15) is 4.79 Å². The number of nitrogens with one attached hydrogen (secondary N) is 1. The first-order chi connectivity index (χ1) is 5.65. The van der Waals surface area contributed by atoms with Gasteiger partial charge in [0.15, 0.2) is 0 Å². The molecule has 0 saturated carbocycles. The van der Waals surface area contributed by atoms with Crippen molar-refractivity contribution in [1.29, 1.82) is 0 Å². The van der Waals surface area contributed by atoms with Crippen LogP contribution in [0.3, 0.4) is 0 Å². The summed E-state index contributed by atoms with van der Waals surface area (Å²) >= 11 is 9.89. The highest BCUT2D eigenvalue weighted by Crippen LogP contribution is 2.29. The summed E-state index contributed by atoms with van der Waals surface area (Å²) in [5, 5.41) is 2.64. The Labute approximate surface area is 87.4 Å². The van der Waals surface area contributed by atoms with E-state index in [0.29, 0.717) is 5.69 Å². The van der Waals surface area contributed by atoms with Crippen LogP contribution in [0.1, 0.15) is 5.69 Å². The molecule has 1 heterocycles. The lowest BCUT2D eigenvalue weighted by Crippen LogP contribution is -2.12. The minimum Gasteiger partial charge on any atom is -0.322 e. The summed E-state index contributed by atoms with van der Waals surface area (Å²) in [5.41, 5.74) is 1.51. The summed E-state index contributed by atoms with van der Waals surface area (Å²) < 4.78 is 4.86. The summed E-state index contributed by atoms with van der Waals surface area (Å²) in [6.07, 6.45) is 0. The van der Waals surface area contributed by atoms with E-state index in [1.54, 1.807) is 0 Å². The van der Waals surface area contributed by atoms with Gasteiger partial charge in [-0.15, -0.1) is 11.6 Å². The van der Waals surface area contributed by atoms with Crippen molar-refractivity contribution in [2.45, 2.75) is 6.92 Å². The molecule has 66 valence electrons. The van der Waals surface area contributed by atoms with Crippen molar-refractivity contribution in [3.63, 3.8) is 0 Å². The lowest BCUT2D eigenvalue weighted by molar-refractivity contribution is -0.113.